The first-order valence-electron chi connectivity index (χ1n) is 10.7. The lowest BCUT2D eigenvalue weighted by atomic mass is 10.1. The number of nitrogens with one attached hydrogen (secondary N) is 2. The van der Waals surface area contributed by atoms with Crippen LogP contribution in [-0.4, -0.2) is 28.4 Å². The Kier molecular flexibility index (Phi) is 5.89. The highest BCUT2D eigenvalue weighted by Crippen LogP contribution is 2.25. The van der Waals surface area contributed by atoms with Gasteiger partial charge in [-0.2, -0.15) is 0 Å². The monoisotopic (exact) mass is 456 g/mol. The number of aromatic nitrogens is 1. The van der Waals surface area contributed by atoms with Crippen LogP contribution in [0.1, 0.15) is 38.4 Å². The molecule has 2 N–H and O–H groups in total. The van der Waals surface area contributed by atoms with Crippen molar-refractivity contribution >= 4 is 35.5 Å². The van der Waals surface area contributed by atoms with Gasteiger partial charge in [0.2, 0.25) is 0 Å². The first kappa shape index (κ1) is 22.7. The second-order valence-corrected chi connectivity index (χ2v) is 8.20. The number of carbonyl (C=O) groups excluding carboxylic acids is 4. The van der Waals surface area contributed by atoms with Crippen molar-refractivity contribution in [1.29, 1.82) is 0 Å². The van der Waals surface area contributed by atoms with E-state index < -0.39 is 17.8 Å². The number of amides is 5. The van der Waals surface area contributed by atoms with Crippen molar-refractivity contribution in [2.24, 2.45) is 0 Å². The Balaban J connectivity index is 1.67. The summed E-state index contributed by atoms with van der Waals surface area (Å²) in [5.74, 6) is -1.78. The van der Waals surface area contributed by atoms with Crippen LogP contribution in [0.2, 0.25) is 0 Å². The lowest BCUT2D eigenvalue weighted by Gasteiger charge is -2.26. The number of hydrogen-bond donors (Lipinski definition) is 2. The molecule has 1 aliphatic rings. The molecule has 2 heterocycles. The van der Waals surface area contributed by atoms with Gasteiger partial charge in [0.15, 0.2) is 0 Å². The predicted octanol–water partition coefficient (Wildman–Crippen LogP) is 3.77. The van der Waals surface area contributed by atoms with E-state index in [1.165, 1.54) is 6.08 Å². The summed E-state index contributed by atoms with van der Waals surface area (Å²) in [6.07, 6.45) is 1.44. The standard InChI is InChI=1S/C26H24N4O4/c1-15-10-11-21(12-16(15)2)29-25(33)22(24(32)27-26(29)34)14-20-13-17(3)30(18(20)4)28-23(31)19-8-6-5-7-9-19/h5-14H,1-4H3,(H,28,31)(H,27,32,34)/b22-14+. The van der Waals surface area contributed by atoms with Crippen LogP contribution in [0.5, 0.6) is 0 Å². The minimum Gasteiger partial charge on any atom is -0.273 e. The second-order valence-electron chi connectivity index (χ2n) is 8.20. The summed E-state index contributed by atoms with van der Waals surface area (Å²) in [6.45, 7) is 7.38. The van der Waals surface area contributed by atoms with Crippen LogP contribution >= 0.6 is 0 Å². The number of nitrogens with zero attached hydrogens (tertiary/aromatic N) is 2. The topological polar surface area (TPSA) is 101 Å². The number of barbiturate groups is 1. The molecule has 1 aliphatic heterocycles. The van der Waals surface area contributed by atoms with Crippen LogP contribution < -0.4 is 15.6 Å². The number of imide groups is 2. The van der Waals surface area contributed by atoms with Gasteiger partial charge in [-0.3, -0.25) is 29.8 Å². The van der Waals surface area contributed by atoms with Gasteiger partial charge in [0.1, 0.15) is 5.57 Å². The normalized spacial score (nSPS) is 15.0. The summed E-state index contributed by atoms with van der Waals surface area (Å²) in [6, 6.07) is 14.9. The molecule has 0 aliphatic carbocycles. The molecule has 3 aromatic rings. The van der Waals surface area contributed by atoms with E-state index in [4.69, 9.17) is 0 Å². The number of rotatable bonds is 4. The molecule has 5 amide bonds. The Morgan fingerprint density at radius 3 is 2.29 bits per heavy atom. The average molecular weight is 457 g/mol. The molecule has 0 unspecified atom stereocenters. The Morgan fingerprint density at radius 2 is 1.62 bits per heavy atom. The van der Waals surface area contributed by atoms with E-state index in [1.54, 1.807) is 61.0 Å². The zero-order valence-electron chi connectivity index (χ0n) is 19.3. The molecule has 4 rings (SSSR count). The van der Waals surface area contributed by atoms with E-state index >= 15 is 0 Å². The Morgan fingerprint density at radius 1 is 0.912 bits per heavy atom. The fraction of sp³-hybridized carbons (Fsp3) is 0.154. The van der Waals surface area contributed by atoms with Gasteiger partial charge in [-0.15, -0.1) is 0 Å². The first-order valence-corrected chi connectivity index (χ1v) is 10.7. The summed E-state index contributed by atoms with van der Waals surface area (Å²) in [5.41, 5.74) is 7.37. The van der Waals surface area contributed by atoms with E-state index in [-0.39, 0.29) is 11.5 Å². The van der Waals surface area contributed by atoms with E-state index in [0.717, 1.165) is 16.0 Å². The zero-order valence-corrected chi connectivity index (χ0v) is 19.3. The van der Waals surface area contributed by atoms with Crippen molar-refractivity contribution in [2.45, 2.75) is 27.7 Å². The number of anilines is 1. The van der Waals surface area contributed by atoms with Gasteiger partial charge in [0, 0.05) is 17.0 Å². The second kappa shape index (κ2) is 8.82. The minimum absolute atomic E-state index is 0.174. The summed E-state index contributed by atoms with van der Waals surface area (Å²) >= 11 is 0. The quantitative estimate of drug-likeness (QED) is 0.461. The molecular weight excluding hydrogens is 432 g/mol. The van der Waals surface area contributed by atoms with Gasteiger partial charge in [-0.25, -0.2) is 9.69 Å². The first-order chi connectivity index (χ1) is 16.2. The summed E-state index contributed by atoms with van der Waals surface area (Å²) in [5, 5.41) is 2.24. The Bertz CT molecular complexity index is 1370. The number of benzene rings is 2. The Labute approximate surface area is 196 Å². The fourth-order valence-electron chi connectivity index (χ4n) is 3.77. The lowest BCUT2D eigenvalue weighted by Crippen LogP contribution is -2.54. The Hall–Kier alpha value is -4.46. The molecule has 0 bridgehead atoms. The third kappa shape index (κ3) is 4.13. The highest BCUT2D eigenvalue weighted by Gasteiger charge is 2.37. The van der Waals surface area contributed by atoms with Crippen molar-refractivity contribution in [3.8, 4) is 0 Å². The molecule has 172 valence electrons. The van der Waals surface area contributed by atoms with Gasteiger partial charge in [0.25, 0.3) is 17.7 Å². The summed E-state index contributed by atoms with van der Waals surface area (Å²) in [4.78, 5) is 51.8. The van der Waals surface area contributed by atoms with Gasteiger partial charge in [-0.1, -0.05) is 24.3 Å². The maximum absolute atomic E-state index is 13.2. The highest BCUT2D eigenvalue weighted by molar-refractivity contribution is 6.39. The average Bonchev–Trinajstić information content (AvgIpc) is 3.06. The smallest absolute Gasteiger partial charge is 0.273 e. The number of aryl methyl sites for hydroxylation is 3. The van der Waals surface area contributed by atoms with E-state index in [1.807, 2.05) is 26.0 Å². The molecule has 0 atom stereocenters. The van der Waals surface area contributed by atoms with Crippen LogP contribution in [0.25, 0.3) is 6.08 Å². The number of urea groups is 1. The van der Waals surface area contributed by atoms with E-state index in [0.29, 0.717) is 28.2 Å². The fourth-order valence-corrected chi connectivity index (χ4v) is 3.77. The van der Waals surface area contributed by atoms with Crippen LogP contribution in [-0.2, 0) is 9.59 Å². The summed E-state index contributed by atoms with van der Waals surface area (Å²) < 4.78 is 1.60. The van der Waals surface area contributed by atoms with Gasteiger partial charge in [-0.05, 0) is 80.8 Å². The van der Waals surface area contributed by atoms with Crippen molar-refractivity contribution in [3.05, 3.63) is 93.8 Å². The molecule has 8 nitrogen and oxygen atoms in total. The number of carbonyl (C=O) groups is 4. The molecule has 0 spiro atoms. The molecule has 2 aromatic carbocycles. The van der Waals surface area contributed by atoms with E-state index in [9.17, 15) is 19.2 Å². The molecule has 0 saturated carbocycles. The van der Waals surface area contributed by atoms with Crippen molar-refractivity contribution in [2.75, 3.05) is 10.3 Å². The minimum atomic E-state index is -0.795. The summed E-state index contributed by atoms with van der Waals surface area (Å²) in [7, 11) is 0. The number of hydrogen-bond acceptors (Lipinski definition) is 4. The SMILES string of the molecule is Cc1ccc(N2C(=O)NC(=O)/C(=C\c3cc(C)n(NC(=O)c4ccccc4)c3C)C2=O)cc1C. The maximum atomic E-state index is 13.2. The van der Waals surface area contributed by atoms with Gasteiger partial charge >= 0.3 is 6.03 Å². The molecule has 1 aromatic heterocycles. The van der Waals surface area contributed by atoms with Crippen molar-refractivity contribution in [3.63, 3.8) is 0 Å². The molecule has 1 fully saturated rings. The lowest BCUT2D eigenvalue weighted by molar-refractivity contribution is -0.122. The van der Waals surface area contributed by atoms with E-state index in [2.05, 4.69) is 10.7 Å². The van der Waals surface area contributed by atoms with Crippen LogP contribution in [0, 0.1) is 27.7 Å². The molecular formula is C26H24N4O4. The highest BCUT2D eigenvalue weighted by atomic mass is 16.2. The molecule has 8 heteroatoms. The van der Waals surface area contributed by atoms with Crippen molar-refractivity contribution in [1.82, 2.24) is 9.99 Å². The molecule has 34 heavy (non-hydrogen) atoms. The van der Waals surface area contributed by atoms with Gasteiger partial charge < -0.3 is 0 Å². The largest absolute Gasteiger partial charge is 0.335 e. The molecule has 1 saturated heterocycles. The zero-order chi connectivity index (χ0) is 24.6. The van der Waals surface area contributed by atoms with Crippen LogP contribution in [0.3, 0.4) is 0 Å². The predicted molar refractivity (Wildman–Crippen MR) is 129 cm³/mol. The van der Waals surface area contributed by atoms with Crippen LogP contribution in [0.15, 0.2) is 60.2 Å². The molecule has 0 radical (unpaired) electrons. The third-order valence-electron chi connectivity index (χ3n) is 5.87. The maximum Gasteiger partial charge on any atom is 0.335 e. The van der Waals surface area contributed by atoms with Crippen LogP contribution in [0.4, 0.5) is 10.5 Å². The van der Waals surface area contributed by atoms with Gasteiger partial charge in [0.05, 0.1) is 5.69 Å². The third-order valence-corrected chi connectivity index (χ3v) is 5.87. The van der Waals surface area contributed by atoms with Crippen molar-refractivity contribution < 1.29 is 19.2 Å².